The fourth-order valence-electron chi connectivity index (χ4n) is 5.61. The third-order valence-electron chi connectivity index (χ3n) is 8.09. The van der Waals surface area contributed by atoms with E-state index in [9.17, 15) is 23.5 Å². The maximum absolute atomic E-state index is 15.6. The van der Waals surface area contributed by atoms with Gasteiger partial charge in [-0.15, -0.1) is 11.3 Å². The number of ether oxygens (including phenoxy) is 2. The number of hydrogen-bond donors (Lipinski definition) is 2. The molecule has 0 spiro atoms. The number of likely N-dealkylation sites (tertiary alicyclic amines) is 1. The van der Waals surface area contributed by atoms with E-state index in [2.05, 4.69) is 15.3 Å². The number of nitrogens with zero attached hydrogens (tertiary/aromatic N) is 4. The molecule has 2 N–H and O–H groups in total. The number of esters is 1. The van der Waals surface area contributed by atoms with E-state index in [-0.39, 0.29) is 55.4 Å². The molecule has 17 heteroatoms. The van der Waals surface area contributed by atoms with Crippen LogP contribution in [0.3, 0.4) is 0 Å². The molecule has 0 amide bonds. The number of carbonyl (C=O) groups excluding carboxylic acids is 1. The number of aliphatic imine (C=N–C) groups is 1. The summed E-state index contributed by atoms with van der Waals surface area (Å²) in [6.45, 7) is 1.64. The predicted octanol–water partition coefficient (Wildman–Crippen LogP) is 3.80. The van der Waals surface area contributed by atoms with Gasteiger partial charge in [0.15, 0.2) is 28.1 Å². The van der Waals surface area contributed by atoms with Crippen LogP contribution in [0.1, 0.15) is 36.9 Å². The largest absolute Gasteiger partial charge is 0.479 e. The molecule has 2 fully saturated rings. The average molecular weight is 676 g/mol. The van der Waals surface area contributed by atoms with Crippen molar-refractivity contribution in [2.75, 3.05) is 40.0 Å². The molecule has 11 nitrogen and oxygen atoms in total. The second kappa shape index (κ2) is 12.9. The van der Waals surface area contributed by atoms with E-state index in [1.165, 1.54) is 42.5 Å². The number of carboxylic acids is 1. The number of carbonyl (C=O) groups is 2. The molecule has 0 aliphatic carbocycles. The first kappa shape index (κ1) is 33.2. The molecule has 244 valence electrons. The minimum atomic E-state index is -3.29. The topological polar surface area (TPSA) is 126 Å². The minimum absolute atomic E-state index is 0.0358. The number of carboxylic acid groups (broad SMARTS) is 1. The van der Waals surface area contributed by atoms with Crippen LogP contribution in [0.5, 0.6) is 0 Å². The van der Waals surface area contributed by atoms with Crippen LogP contribution in [0.2, 0.25) is 5.02 Å². The highest BCUT2D eigenvalue weighted by molar-refractivity contribution is 7.11. The first-order valence-electron chi connectivity index (χ1n) is 13.9. The van der Waals surface area contributed by atoms with E-state index < -0.39 is 64.8 Å². The fourth-order valence-corrected chi connectivity index (χ4v) is 6.45. The number of hydroxylamine groups is 2. The summed E-state index contributed by atoms with van der Waals surface area (Å²) in [5, 5.41) is 15.1. The lowest BCUT2D eigenvalue weighted by molar-refractivity contribution is -0.192. The molecule has 3 aliphatic rings. The number of aromatic nitrogens is 1. The molecule has 1 aromatic heterocycles. The van der Waals surface area contributed by atoms with Gasteiger partial charge in [-0.3, -0.25) is 14.7 Å². The van der Waals surface area contributed by atoms with Gasteiger partial charge in [0.05, 0.1) is 36.4 Å². The molecule has 2 saturated heterocycles. The Bertz CT molecular complexity index is 1530. The molecule has 5 rings (SSSR count). The summed E-state index contributed by atoms with van der Waals surface area (Å²) in [7, 11) is 1.23. The Balaban J connectivity index is 1.51. The van der Waals surface area contributed by atoms with Gasteiger partial charge >= 0.3 is 11.9 Å². The van der Waals surface area contributed by atoms with Crippen molar-refractivity contribution < 1.29 is 46.6 Å². The van der Waals surface area contributed by atoms with Gasteiger partial charge in [0.2, 0.25) is 0 Å². The lowest BCUT2D eigenvalue weighted by atomic mass is 9.95. The number of rotatable bonds is 11. The zero-order valence-electron chi connectivity index (χ0n) is 24.4. The van der Waals surface area contributed by atoms with E-state index in [0.717, 1.165) is 11.1 Å². The predicted molar refractivity (Wildman–Crippen MR) is 154 cm³/mol. The smallest absolute Gasteiger partial charge is 0.338 e. The van der Waals surface area contributed by atoms with E-state index in [1.807, 2.05) is 0 Å². The van der Waals surface area contributed by atoms with Gasteiger partial charge < -0.3 is 19.9 Å². The normalized spacial score (nSPS) is 24.6. The van der Waals surface area contributed by atoms with E-state index >= 15 is 8.78 Å². The van der Waals surface area contributed by atoms with Crippen LogP contribution in [0, 0.1) is 11.6 Å². The number of alkyl halides is 2. The van der Waals surface area contributed by atoms with Crippen LogP contribution in [-0.2, 0) is 23.9 Å². The van der Waals surface area contributed by atoms with Crippen molar-refractivity contribution in [1.29, 1.82) is 0 Å². The molecule has 0 saturated carbocycles. The minimum Gasteiger partial charge on any atom is -0.479 e. The average Bonchev–Trinajstić information content (AvgIpc) is 3.74. The summed E-state index contributed by atoms with van der Waals surface area (Å²) < 4.78 is 70.2. The van der Waals surface area contributed by atoms with E-state index in [1.54, 1.807) is 12.3 Å². The van der Waals surface area contributed by atoms with Crippen molar-refractivity contribution in [3.05, 3.63) is 62.2 Å². The van der Waals surface area contributed by atoms with Crippen LogP contribution in [0.15, 0.2) is 40.0 Å². The zero-order chi connectivity index (χ0) is 32.7. The van der Waals surface area contributed by atoms with Crippen molar-refractivity contribution in [1.82, 2.24) is 20.3 Å². The highest BCUT2D eigenvalue weighted by atomic mass is 35.5. The van der Waals surface area contributed by atoms with Gasteiger partial charge in [0.25, 0.3) is 5.92 Å². The molecular weight excluding hydrogens is 646 g/mol. The highest BCUT2D eigenvalue weighted by Gasteiger charge is 2.61. The van der Waals surface area contributed by atoms with Gasteiger partial charge in [-0.25, -0.2) is 32.1 Å². The second-order valence-corrected chi connectivity index (χ2v) is 12.1. The highest BCUT2D eigenvalue weighted by Crippen LogP contribution is 2.43. The lowest BCUT2D eigenvalue weighted by Gasteiger charge is -2.30. The number of methoxy groups -OCH3 is 1. The zero-order valence-corrected chi connectivity index (χ0v) is 25.9. The summed E-state index contributed by atoms with van der Waals surface area (Å²) in [6.07, 6.45) is 1.39. The number of nitrogens with one attached hydrogen (secondary N) is 1. The Morgan fingerprint density at radius 1 is 1.33 bits per heavy atom. The van der Waals surface area contributed by atoms with Gasteiger partial charge in [-0.2, -0.15) is 5.06 Å². The van der Waals surface area contributed by atoms with Crippen molar-refractivity contribution >= 4 is 40.7 Å². The van der Waals surface area contributed by atoms with Crippen LogP contribution in [0.4, 0.5) is 17.6 Å². The fraction of sp³-hybridized carbons (Fsp3) is 0.500. The molecule has 3 aliphatic heterocycles. The summed E-state index contributed by atoms with van der Waals surface area (Å²) in [5.74, 6) is -7.75. The van der Waals surface area contributed by atoms with Crippen molar-refractivity contribution in [3.8, 4) is 0 Å². The van der Waals surface area contributed by atoms with Gasteiger partial charge in [0.1, 0.15) is 12.1 Å². The summed E-state index contributed by atoms with van der Waals surface area (Å²) in [6, 6.07) is -1.52. The first-order valence-corrected chi connectivity index (χ1v) is 15.1. The molecule has 0 unspecified atom stereocenters. The molecule has 0 radical (unpaired) electrons. The molecular formula is C28H30ClF4N5O6S. The Kier molecular flexibility index (Phi) is 9.54. The number of aliphatic carboxylic acids is 1. The third-order valence-corrected chi connectivity index (χ3v) is 9.25. The van der Waals surface area contributed by atoms with Crippen LogP contribution in [-0.4, -0.2) is 101 Å². The second-order valence-electron chi connectivity index (χ2n) is 10.8. The lowest BCUT2D eigenvalue weighted by Crippen LogP contribution is -2.48. The van der Waals surface area contributed by atoms with Crippen LogP contribution >= 0.6 is 22.9 Å². The molecule has 4 atom stereocenters. The molecule has 45 heavy (non-hydrogen) atoms. The molecule has 1 aromatic carbocycles. The quantitative estimate of drug-likeness (QED) is 0.206. The summed E-state index contributed by atoms with van der Waals surface area (Å²) in [4.78, 5) is 41.0. The number of halogens is 5. The number of amidine groups is 1. The van der Waals surface area contributed by atoms with Gasteiger partial charge in [0, 0.05) is 49.5 Å². The molecule has 0 bridgehead atoms. The Morgan fingerprint density at radius 3 is 2.73 bits per heavy atom. The standard InChI is InChI=1S/C28H30ClF4N5O6S/c1-4-43-25(39)18-16(35-23(24-34-8-10-45-24)36-21(18)14-5-6-15(30)20(31)19(14)29)11-37-13-28(32,33)22-17(37)12-44-38(22)9-7-27(2,42-3)26(40)41/h5-6,8,10,17,21-22H,4,7,9,11-13H2,1-3H3,(H,35,36)(H,40,41)/t17-,21-,22+,27+/m0/s1. The van der Waals surface area contributed by atoms with Gasteiger partial charge in [-0.1, -0.05) is 17.7 Å². The summed E-state index contributed by atoms with van der Waals surface area (Å²) >= 11 is 7.42. The maximum atomic E-state index is 15.6. The van der Waals surface area contributed by atoms with Crippen molar-refractivity contribution in [2.24, 2.45) is 4.99 Å². The van der Waals surface area contributed by atoms with E-state index in [0.29, 0.717) is 5.01 Å². The number of hydrogen-bond acceptors (Lipinski definition) is 11. The maximum Gasteiger partial charge on any atom is 0.338 e. The first-order chi connectivity index (χ1) is 21.3. The van der Waals surface area contributed by atoms with Crippen LogP contribution in [0.25, 0.3) is 0 Å². The SMILES string of the molecule is CCOC(=O)C1=C(CN2CC(F)(F)[C@H]3[C@@H]2CON3CC[C@@](C)(OC)C(=O)O)NC(c2nccs2)=N[C@H]1c1ccc(F)c(F)c1Cl. The van der Waals surface area contributed by atoms with Gasteiger partial charge in [-0.05, 0) is 19.9 Å². The van der Waals surface area contributed by atoms with Crippen molar-refractivity contribution in [2.45, 2.75) is 49.9 Å². The van der Waals surface area contributed by atoms with Crippen LogP contribution < -0.4 is 5.32 Å². The third kappa shape index (κ3) is 6.31. The Morgan fingerprint density at radius 2 is 2.09 bits per heavy atom. The summed E-state index contributed by atoms with van der Waals surface area (Å²) in [5.41, 5.74) is -1.63. The monoisotopic (exact) mass is 675 g/mol. The van der Waals surface area contributed by atoms with Crippen molar-refractivity contribution in [3.63, 3.8) is 0 Å². The van der Waals surface area contributed by atoms with E-state index in [4.69, 9.17) is 25.9 Å². The number of benzene rings is 1. The Labute approximate surface area is 264 Å². The molecule has 2 aromatic rings. The number of fused-ring (bicyclic) bond motifs is 1. The Hall–Kier alpha value is -3.15. The molecule has 4 heterocycles. The number of thiazole rings is 1.